The number of carbonyl (C=O) groups is 3. The van der Waals surface area contributed by atoms with Gasteiger partial charge in [-0.25, -0.2) is 34.0 Å². The fourth-order valence-corrected chi connectivity index (χ4v) is 9.28. The van der Waals surface area contributed by atoms with Crippen LogP contribution in [0.5, 0.6) is 0 Å². The molecule has 0 bridgehead atoms. The third-order valence-corrected chi connectivity index (χ3v) is 12.1. The molecule has 5 N–H and O–H groups in total. The van der Waals surface area contributed by atoms with Crippen molar-refractivity contribution in [3.8, 4) is 0 Å². The van der Waals surface area contributed by atoms with Crippen LogP contribution >= 0.6 is 0 Å². The normalized spacial score (nSPS) is 15.1. The van der Waals surface area contributed by atoms with Crippen molar-refractivity contribution < 1.29 is 38.4 Å². The minimum atomic E-state index is -4.30. The van der Waals surface area contributed by atoms with E-state index >= 15 is 0 Å². The van der Waals surface area contributed by atoms with Gasteiger partial charge in [-0.05, 0) is 134 Å². The predicted molar refractivity (Wildman–Crippen MR) is 209 cm³/mol. The molecule has 18 heteroatoms. The molecule has 0 spiro atoms. The SMILES string of the molecule is CC(=O)Nc1ccnc(S(=O)(=O)NC(=O)Nc2c3c(cc4c2CCC4)CCC3)n1.O=C(Nc1c2c(cc3c1CCC3)CCC2)NS(=O)(=O)c1ncccn1.[HH].[HH].[HH].[HH].[HH]. The zero-order valence-corrected chi connectivity index (χ0v) is 31.1. The van der Waals surface area contributed by atoms with Crippen LogP contribution in [-0.2, 0) is 76.2 Å². The van der Waals surface area contributed by atoms with Crippen LogP contribution in [0.15, 0.2) is 53.2 Å². The Bertz CT molecular complexity index is 2350. The average molecular weight is 784 g/mol. The Hall–Kier alpha value is -5.49. The third-order valence-electron chi connectivity index (χ3n) is 9.84. The number of rotatable bonds is 7. The van der Waals surface area contributed by atoms with Gasteiger partial charge in [0.05, 0.1) is 0 Å². The maximum Gasteiger partial charge on any atom is 0.333 e. The second-order valence-electron chi connectivity index (χ2n) is 13.5. The van der Waals surface area contributed by atoms with Crippen molar-refractivity contribution in [1.82, 2.24) is 29.4 Å². The first-order valence-corrected chi connectivity index (χ1v) is 20.7. The number of aryl methyl sites for hydroxylation is 4. The second kappa shape index (κ2) is 15.1. The van der Waals surface area contributed by atoms with Gasteiger partial charge in [0, 0.05) is 44.0 Å². The summed E-state index contributed by atoms with van der Waals surface area (Å²) in [5.41, 5.74) is 11.0. The van der Waals surface area contributed by atoms with Gasteiger partial charge in [-0.15, -0.1) is 0 Å². The molecule has 0 radical (unpaired) electrons. The molecule has 4 aromatic rings. The van der Waals surface area contributed by atoms with Crippen molar-refractivity contribution in [2.24, 2.45) is 0 Å². The van der Waals surface area contributed by atoms with Gasteiger partial charge in [-0.1, -0.05) is 12.1 Å². The van der Waals surface area contributed by atoms with Gasteiger partial charge in [0.15, 0.2) is 0 Å². The number of nitrogens with zero attached hydrogens (tertiary/aromatic N) is 4. The van der Waals surface area contributed by atoms with Crippen molar-refractivity contribution in [2.75, 3.05) is 16.0 Å². The smallest absolute Gasteiger partial charge is 0.311 e. The number of amides is 5. The van der Waals surface area contributed by atoms with E-state index in [1.165, 1.54) is 59.9 Å². The fourth-order valence-electron chi connectivity index (χ4n) is 7.69. The average Bonchev–Trinajstić information content (AvgIpc) is 3.96. The molecule has 292 valence electrons. The summed E-state index contributed by atoms with van der Waals surface area (Å²) in [7, 11) is -8.39. The number of anilines is 3. The highest BCUT2D eigenvalue weighted by molar-refractivity contribution is 7.90. The van der Waals surface area contributed by atoms with E-state index in [2.05, 4.69) is 48.0 Å². The lowest BCUT2D eigenvalue weighted by atomic mass is 9.99. The van der Waals surface area contributed by atoms with E-state index in [1.54, 1.807) is 0 Å². The summed E-state index contributed by atoms with van der Waals surface area (Å²) in [5.74, 6) is -0.364. The number of aromatic nitrogens is 4. The van der Waals surface area contributed by atoms with Gasteiger partial charge < -0.3 is 16.0 Å². The van der Waals surface area contributed by atoms with Crippen molar-refractivity contribution >= 4 is 55.2 Å². The summed E-state index contributed by atoms with van der Waals surface area (Å²) in [6.45, 7) is 1.28. The van der Waals surface area contributed by atoms with Gasteiger partial charge in [0.2, 0.25) is 5.91 Å². The molecule has 4 aliphatic carbocycles. The van der Waals surface area contributed by atoms with Gasteiger partial charge in [0.25, 0.3) is 10.3 Å². The number of benzene rings is 2. The quantitative estimate of drug-likeness (QED) is 0.155. The molecule has 2 aromatic heterocycles. The number of nitrogens with one attached hydrogen (secondary N) is 5. The molecular weight excluding hydrogens is 735 g/mol. The van der Waals surface area contributed by atoms with E-state index in [9.17, 15) is 31.2 Å². The lowest BCUT2D eigenvalue weighted by Gasteiger charge is -2.16. The van der Waals surface area contributed by atoms with E-state index < -0.39 is 48.3 Å². The van der Waals surface area contributed by atoms with Crippen LogP contribution in [0.25, 0.3) is 0 Å². The molecule has 16 nitrogen and oxygen atoms in total. The molecule has 0 aliphatic heterocycles. The molecule has 2 heterocycles. The molecular formula is C36H49N9O7S2. The zero-order chi connectivity index (χ0) is 38.0. The fraction of sp³-hybridized carbons (Fsp3) is 0.361. The zero-order valence-electron chi connectivity index (χ0n) is 29.5. The van der Waals surface area contributed by atoms with Crippen LogP contribution in [0, 0.1) is 0 Å². The first-order valence-electron chi connectivity index (χ1n) is 17.8. The lowest BCUT2D eigenvalue weighted by molar-refractivity contribution is -0.114. The Morgan fingerprint density at radius 2 is 0.981 bits per heavy atom. The van der Waals surface area contributed by atoms with Gasteiger partial charge in [0.1, 0.15) is 5.82 Å². The molecule has 54 heavy (non-hydrogen) atoms. The van der Waals surface area contributed by atoms with Crippen LogP contribution in [0.4, 0.5) is 26.8 Å². The highest BCUT2D eigenvalue weighted by Crippen LogP contribution is 2.40. The molecule has 4 aliphatic rings. The summed E-state index contributed by atoms with van der Waals surface area (Å²) in [6, 6.07) is 5.72. The minimum absolute atomic E-state index is 0. The summed E-state index contributed by atoms with van der Waals surface area (Å²) >= 11 is 0. The van der Waals surface area contributed by atoms with Gasteiger partial charge in [-0.3, -0.25) is 4.79 Å². The van der Waals surface area contributed by atoms with Gasteiger partial charge >= 0.3 is 32.1 Å². The first kappa shape index (κ1) is 36.9. The molecule has 0 unspecified atom stereocenters. The van der Waals surface area contributed by atoms with E-state index in [4.69, 9.17) is 0 Å². The van der Waals surface area contributed by atoms with Crippen molar-refractivity contribution in [3.05, 3.63) is 87.4 Å². The van der Waals surface area contributed by atoms with E-state index in [1.807, 2.05) is 9.44 Å². The van der Waals surface area contributed by atoms with Gasteiger partial charge in [-0.2, -0.15) is 21.8 Å². The topological polar surface area (TPSA) is 231 Å². The summed E-state index contributed by atoms with van der Waals surface area (Å²) in [5, 5.41) is 6.91. The predicted octanol–water partition coefficient (Wildman–Crippen LogP) is 5.12. The molecule has 8 rings (SSSR count). The summed E-state index contributed by atoms with van der Waals surface area (Å²) < 4.78 is 53.4. The van der Waals surface area contributed by atoms with Crippen LogP contribution in [0.2, 0.25) is 0 Å². The molecule has 5 amide bonds. The van der Waals surface area contributed by atoms with Crippen LogP contribution in [-0.4, -0.2) is 54.7 Å². The summed E-state index contributed by atoms with van der Waals surface area (Å²) in [6.07, 6.45) is 15.5. The monoisotopic (exact) mass is 783 g/mol. The standard InChI is InChI=1S/C19H21N5O4S.C17H18N4O3S.5H2/c1-11(25)21-16-8-9-20-19(22-16)29(27,28)24-18(26)23-17-14-6-2-4-12(14)10-13-5-3-7-15(13)17;22-16(21-25(23,24)17-18-8-3-9-19-17)20-15-13-6-1-4-11(13)10-12-5-2-7-14(12)15;;;;;/h8-10H,2-7H2,1H3,(H2,23,24,26)(H,20,21,22,25);3,8-10H,1-2,4-7H2,(H2,20,21,22);5*1H. The van der Waals surface area contributed by atoms with E-state index in [0.717, 1.165) is 111 Å². The van der Waals surface area contributed by atoms with Crippen molar-refractivity contribution in [1.29, 1.82) is 0 Å². The number of sulfonamides is 2. The Morgan fingerprint density at radius 3 is 1.41 bits per heavy atom. The third kappa shape index (κ3) is 7.89. The molecule has 0 saturated carbocycles. The van der Waals surface area contributed by atoms with E-state index in [-0.39, 0.29) is 13.0 Å². The second-order valence-corrected chi connectivity index (χ2v) is 16.7. The Balaban J connectivity index is 0.000000378. The lowest BCUT2D eigenvalue weighted by Crippen LogP contribution is -2.36. The maximum absolute atomic E-state index is 12.5. The largest absolute Gasteiger partial charge is 0.333 e. The molecule has 0 atom stereocenters. The molecule has 0 saturated heterocycles. The van der Waals surface area contributed by atoms with Crippen molar-refractivity contribution in [2.45, 2.75) is 94.3 Å². The van der Waals surface area contributed by atoms with Crippen LogP contribution < -0.4 is 25.4 Å². The van der Waals surface area contributed by atoms with Crippen LogP contribution in [0.1, 0.15) is 84.2 Å². The van der Waals surface area contributed by atoms with E-state index in [0.29, 0.717) is 0 Å². The number of hydrogen-bond donors (Lipinski definition) is 5. The van der Waals surface area contributed by atoms with Crippen molar-refractivity contribution in [3.63, 3.8) is 0 Å². The highest BCUT2D eigenvalue weighted by Gasteiger charge is 2.29. The van der Waals surface area contributed by atoms with Crippen LogP contribution in [0.3, 0.4) is 0 Å². The minimum Gasteiger partial charge on any atom is -0.311 e. The number of carbonyl (C=O) groups excluding carboxylic acids is 3. The Morgan fingerprint density at radius 1 is 0.574 bits per heavy atom. The molecule has 2 aromatic carbocycles. The first-order chi connectivity index (χ1) is 25.9. The Labute approximate surface area is 319 Å². The maximum atomic E-state index is 12.5. The molecule has 0 fully saturated rings. The number of fused-ring (bicyclic) bond motifs is 4. The number of urea groups is 2. The number of hydrogen-bond acceptors (Lipinski definition) is 11. The highest BCUT2D eigenvalue weighted by atomic mass is 32.2. The Kier molecular flexibility index (Phi) is 10.3. The summed E-state index contributed by atoms with van der Waals surface area (Å²) in [4.78, 5) is 50.9.